The molecule has 1 heterocycles. The molecule has 0 aliphatic carbocycles. The van der Waals surface area contributed by atoms with Crippen LogP contribution in [0.2, 0.25) is 0 Å². The molecule has 1 fully saturated rings. The first-order valence-electron chi connectivity index (χ1n) is 11.1. The molecule has 0 amide bonds. The molecule has 3 aromatic carbocycles. The van der Waals surface area contributed by atoms with Gasteiger partial charge in [0.25, 0.3) is 0 Å². The van der Waals surface area contributed by atoms with Crippen molar-refractivity contribution in [3.05, 3.63) is 108 Å². The van der Waals surface area contributed by atoms with Crippen LogP contribution in [0.4, 0.5) is 4.39 Å². The fourth-order valence-corrected chi connectivity index (χ4v) is 3.88. The lowest BCUT2D eigenvalue weighted by Gasteiger charge is -2.43. The molecule has 6 heteroatoms. The molecule has 5 atom stereocenters. The highest BCUT2D eigenvalue weighted by atomic mass is 19.1. The molecule has 0 radical (unpaired) electrons. The maximum atomic E-state index is 15.1. The van der Waals surface area contributed by atoms with E-state index in [1.807, 2.05) is 91.0 Å². The number of benzene rings is 3. The van der Waals surface area contributed by atoms with E-state index >= 15 is 4.39 Å². The van der Waals surface area contributed by atoms with Crippen LogP contribution in [0.1, 0.15) is 16.7 Å². The standard InChI is InChI=1S/C27H29FO5/c28-27-26(32-19-22-14-8-3-9-15-22)25(31-18-21-12-6-2-7-13-21)24(23(16-29)33-27)30-17-20-10-4-1-5-11-20/h1-15,23-27,29H,16-19H2/t23-,24+,25+,26-,27+/m1/s1. The van der Waals surface area contributed by atoms with Gasteiger partial charge in [-0.1, -0.05) is 91.0 Å². The van der Waals surface area contributed by atoms with Gasteiger partial charge in [-0.2, -0.15) is 0 Å². The molecule has 174 valence electrons. The highest BCUT2D eigenvalue weighted by molar-refractivity contribution is 5.15. The Kier molecular flexibility index (Phi) is 8.58. The maximum absolute atomic E-state index is 15.1. The summed E-state index contributed by atoms with van der Waals surface area (Å²) in [7, 11) is 0. The number of hydrogen-bond donors (Lipinski definition) is 1. The molecule has 3 aromatic rings. The average molecular weight is 453 g/mol. The van der Waals surface area contributed by atoms with Crippen LogP contribution in [0.5, 0.6) is 0 Å². The molecular weight excluding hydrogens is 423 g/mol. The minimum Gasteiger partial charge on any atom is -0.394 e. The number of ether oxygens (including phenoxy) is 4. The minimum atomic E-state index is -1.76. The second-order valence-corrected chi connectivity index (χ2v) is 7.99. The summed E-state index contributed by atoms with van der Waals surface area (Å²) in [6.45, 7) is 0.345. The molecule has 0 bridgehead atoms. The van der Waals surface area contributed by atoms with Gasteiger partial charge >= 0.3 is 0 Å². The van der Waals surface area contributed by atoms with E-state index in [4.69, 9.17) is 18.9 Å². The van der Waals surface area contributed by atoms with Gasteiger partial charge < -0.3 is 24.1 Å². The van der Waals surface area contributed by atoms with E-state index in [9.17, 15) is 5.11 Å². The lowest BCUT2D eigenvalue weighted by Crippen LogP contribution is -2.59. The van der Waals surface area contributed by atoms with Crippen molar-refractivity contribution >= 4 is 0 Å². The van der Waals surface area contributed by atoms with E-state index in [-0.39, 0.29) is 19.8 Å². The van der Waals surface area contributed by atoms with E-state index in [1.165, 1.54) is 0 Å². The Morgan fingerprint density at radius 3 is 1.42 bits per heavy atom. The molecule has 1 aliphatic rings. The van der Waals surface area contributed by atoms with E-state index in [0.717, 1.165) is 16.7 Å². The van der Waals surface area contributed by atoms with Crippen molar-refractivity contribution in [2.24, 2.45) is 0 Å². The smallest absolute Gasteiger partial charge is 0.228 e. The van der Waals surface area contributed by atoms with Crippen LogP contribution in [-0.2, 0) is 38.8 Å². The van der Waals surface area contributed by atoms with Gasteiger partial charge in [-0.3, -0.25) is 0 Å². The van der Waals surface area contributed by atoms with Gasteiger partial charge in [0.15, 0.2) is 0 Å². The molecule has 0 unspecified atom stereocenters. The Hall–Kier alpha value is -2.61. The molecule has 0 aromatic heterocycles. The van der Waals surface area contributed by atoms with Crippen molar-refractivity contribution in [3.8, 4) is 0 Å². The van der Waals surface area contributed by atoms with Crippen LogP contribution >= 0.6 is 0 Å². The van der Waals surface area contributed by atoms with Gasteiger partial charge in [0, 0.05) is 0 Å². The SMILES string of the molecule is OC[C@H]1O[C@H](F)[C@H](OCc2ccccc2)[C@@H](OCc2ccccc2)[C@H]1OCc1ccccc1. The Labute approximate surface area is 193 Å². The van der Waals surface area contributed by atoms with Crippen LogP contribution in [0, 0.1) is 0 Å². The molecule has 0 saturated carbocycles. The van der Waals surface area contributed by atoms with Gasteiger partial charge in [-0.15, -0.1) is 0 Å². The monoisotopic (exact) mass is 452 g/mol. The van der Waals surface area contributed by atoms with Crippen LogP contribution in [0.25, 0.3) is 0 Å². The molecule has 4 rings (SSSR count). The van der Waals surface area contributed by atoms with Gasteiger partial charge in [0.1, 0.15) is 24.4 Å². The van der Waals surface area contributed by atoms with Gasteiger partial charge in [-0.25, -0.2) is 4.39 Å². The predicted molar refractivity (Wildman–Crippen MR) is 122 cm³/mol. The second kappa shape index (κ2) is 12.0. The van der Waals surface area contributed by atoms with E-state index in [0.29, 0.717) is 0 Å². The Balaban J connectivity index is 1.53. The zero-order chi connectivity index (χ0) is 22.9. The largest absolute Gasteiger partial charge is 0.394 e. The Morgan fingerprint density at radius 1 is 0.606 bits per heavy atom. The number of aliphatic hydroxyl groups is 1. The third-order valence-electron chi connectivity index (χ3n) is 5.61. The van der Waals surface area contributed by atoms with Crippen molar-refractivity contribution in [1.29, 1.82) is 0 Å². The normalized spacial score (nSPS) is 25.1. The third-order valence-corrected chi connectivity index (χ3v) is 5.61. The van der Waals surface area contributed by atoms with Gasteiger partial charge in [0.2, 0.25) is 6.36 Å². The fourth-order valence-electron chi connectivity index (χ4n) is 3.88. The summed E-state index contributed by atoms with van der Waals surface area (Å²) in [6, 6.07) is 28.9. The number of aliphatic hydroxyl groups excluding tert-OH is 1. The summed E-state index contributed by atoms with van der Waals surface area (Å²) in [6.07, 6.45) is -5.15. The molecule has 1 aliphatic heterocycles. The lowest BCUT2D eigenvalue weighted by atomic mass is 9.98. The first-order valence-corrected chi connectivity index (χ1v) is 11.1. The number of rotatable bonds is 10. The quantitative estimate of drug-likeness (QED) is 0.493. The van der Waals surface area contributed by atoms with E-state index in [1.54, 1.807) is 0 Å². The first-order chi connectivity index (χ1) is 16.2. The molecule has 0 spiro atoms. The Bertz CT molecular complexity index is 941. The van der Waals surface area contributed by atoms with Crippen LogP contribution < -0.4 is 0 Å². The van der Waals surface area contributed by atoms with Crippen molar-refractivity contribution in [2.45, 2.75) is 50.6 Å². The van der Waals surface area contributed by atoms with Gasteiger partial charge in [0.05, 0.1) is 26.4 Å². The number of hydrogen-bond acceptors (Lipinski definition) is 5. The Morgan fingerprint density at radius 2 is 1.00 bits per heavy atom. The maximum Gasteiger partial charge on any atom is 0.228 e. The fraction of sp³-hybridized carbons (Fsp3) is 0.333. The average Bonchev–Trinajstić information content (AvgIpc) is 2.87. The summed E-state index contributed by atoms with van der Waals surface area (Å²) in [5.41, 5.74) is 2.82. The molecular formula is C27H29FO5. The highest BCUT2D eigenvalue weighted by Gasteiger charge is 2.48. The predicted octanol–water partition coefficient (Wildman–Crippen LogP) is 4.43. The van der Waals surface area contributed by atoms with Gasteiger partial charge in [-0.05, 0) is 16.7 Å². The summed E-state index contributed by atoms with van der Waals surface area (Å²) < 4.78 is 38.9. The van der Waals surface area contributed by atoms with Crippen molar-refractivity contribution < 1.29 is 28.4 Å². The summed E-state index contributed by atoms with van der Waals surface area (Å²) in [4.78, 5) is 0. The lowest BCUT2D eigenvalue weighted by molar-refractivity contribution is -0.296. The van der Waals surface area contributed by atoms with Crippen LogP contribution in [-0.4, -0.2) is 42.5 Å². The third kappa shape index (κ3) is 6.47. The topological polar surface area (TPSA) is 57.2 Å². The summed E-state index contributed by atoms with van der Waals surface area (Å²) in [5.74, 6) is 0. The number of alkyl halides is 1. The number of halogens is 1. The molecule has 1 saturated heterocycles. The van der Waals surface area contributed by atoms with Crippen LogP contribution in [0.15, 0.2) is 91.0 Å². The summed E-state index contributed by atoms with van der Waals surface area (Å²) >= 11 is 0. The van der Waals surface area contributed by atoms with Crippen molar-refractivity contribution in [3.63, 3.8) is 0 Å². The van der Waals surface area contributed by atoms with Crippen molar-refractivity contribution in [2.75, 3.05) is 6.61 Å². The minimum absolute atomic E-state index is 0.204. The molecule has 5 nitrogen and oxygen atoms in total. The van der Waals surface area contributed by atoms with E-state index in [2.05, 4.69) is 0 Å². The van der Waals surface area contributed by atoms with E-state index < -0.39 is 37.4 Å². The molecule has 1 N–H and O–H groups in total. The highest BCUT2D eigenvalue weighted by Crippen LogP contribution is 2.30. The summed E-state index contributed by atoms with van der Waals surface area (Å²) in [5, 5.41) is 9.91. The van der Waals surface area contributed by atoms with Crippen molar-refractivity contribution in [1.82, 2.24) is 0 Å². The van der Waals surface area contributed by atoms with Crippen LogP contribution in [0.3, 0.4) is 0 Å². The first kappa shape index (κ1) is 23.5. The second-order valence-electron chi connectivity index (χ2n) is 7.99. The zero-order valence-corrected chi connectivity index (χ0v) is 18.3. The molecule has 33 heavy (non-hydrogen) atoms. The zero-order valence-electron chi connectivity index (χ0n) is 18.3.